The van der Waals surface area contributed by atoms with Crippen LogP contribution in [0.3, 0.4) is 0 Å². The first-order chi connectivity index (χ1) is 10.4. The summed E-state index contributed by atoms with van der Waals surface area (Å²) in [5, 5.41) is 2.75. The molecule has 0 aliphatic rings. The van der Waals surface area contributed by atoms with Gasteiger partial charge in [0, 0.05) is 17.1 Å². The molecule has 0 spiro atoms. The van der Waals surface area contributed by atoms with Crippen LogP contribution in [-0.2, 0) is 10.0 Å². The lowest BCUT2D eigenvalue weighted by Gasteiger charge is -2.07. The molecule has 2 N–H and O–H groups in total. The summed E-state index contributed by atoms with van der Waals surface area (Å²) in [7, 11) is -3.48. The van der Waals surface area contributed by atoms with Crippen molar-refractivity contribution in [3.05, 3.63) is 46.2 Å². The minimum absolute atomic E-state index is 0.186. The van der Waals surface area contributed by atoms with E-state index in [0.29, 0.717) is 17.1 Å². The summed E-state index contributed by atoms with van der Waals surface area (Å²) < 4.78 is 26.4. The van der Waals surface area contributed by atoms with Gasteiger partial charge < -0.3 is 5.32 Å². The number of rotatable bonds is 6. The van der Waals surface area contributed by atoms with Crippen LogP contribution in [0.2, 0.25) is 0 Å². The van der Waals surface area contributed by atoms with Gasteiger partial charge in [-0.25, -0.2) is 13.1 Å². The largest absolute Gasteiger partial charge is 0.321 e. The Kier molecular flexibility index (Phi) is 5.33. The second-order valence-corrected chi connectivity index (χ2v) is 7.84. The van der Waals surface area contributed by atoms with E-state index in [1.54, 1.807) is 18.2 Å². The van der Waals surface area contributed by atoms with E-state index in [1.807, 2.05) is 19.9 Å². The monoisotopic (exact) mass is 338 g/mol. The summed E-state index contributed by atoms with van der Waals surface area (Å²) in [4.78, 5) is 13.9. The molecule has 0 saturated carbocycles. The number of hydrogen-bond donors (Lipinski definition) is 2. The zero-order valence-corrected chi connectivity index (χ0v) is 14.1. The zero-order chi connectivity index (χ0) is 16.2. The highest BCUT2D eigenvalue weighted by Crippen LogP contribution is 2.18. The molecule has 1 heterocycles. The maximum Gasteiger partial charge on any atom is 0.265 e. The smallest absolute Gasteiger partial charge is 0.265 e. The molecule has 0 atom stereocenters. The molecular formula is C15H18N2O3S2. The summed E-state index contributed by atoms with van der Waals surface area (Å²) >= 11 is 1.41. The van der Waals surface area contributed by atoms with E-state index in [2.05, 4.69) is 10.0 Å². The van der Waals surface area contributed by atoms with Crippen LogP contribution in [0, 0.1) is 6.92 Å². The van der Waals surface area contributed by atoms with E-state index in [1.165, 1.54) is 23.5 Å². The van der Waals surface area contributed by atoms with Crippen molar-refractivity contribution < 1.29 is 13.2 Å². The second-order valence-electron chi connectivity index (χ2n) is 4.79. The highest BCUT2D eigenvalue weighted by atomic mass is 32.2. The summed E-state index contributed by atoms with van der Waals surface area (Å²) in [5.74, 6) is -0.196. The second kappa shape index (κ2) is 7.04. The number of thiophene rings is 1. The van der Waals surface area contributed by atoms with Gasteiger partial charge in [-0.15, -0.1) is 11.3 Å². The number of hydrogen-bond acceptors (Lipinski definition) is 4. The molecule has 0 aliphatic heterocycles. The van der Waals surface area contributed by atoms with Crippen molar-refractivity contribution in [3.63, 3.8) is 0 Å². The van der Waals surface area contributed by atoms with Crippen LogP contribution in [0.1, 0.15) is 27.9 Å². The third-order valence-electron chi connectivity index (χ3n) is 2.93. The molecule has 118 valence electrons. The number of aryl methyl sites for hydroxylation is 1. The summed E-state index contributed by atoms with van der Waals surface area (Å²) in [6.45, 7) is 4.23. The van der Waals surface area contributed by atoms with Gasteiger partial charge in [0.25, 0.3) is 5.91 Å². The minimum Gasteiger partial charge on any atom is -0.321 e. The fraction of sp³-hybridized carbons (Fsp3) is 0.267. The van der Waals surface area contributed by atoms with Crippen molar-refractivity contribution in [1.82, 2.24) is 4.72 Å². The molecule has 0 radical (unpaired) electrons. The average molecular weight is 338 g/mol. The normalized spacial score (nSPS) is 11.4. The van der Waals surface area contributed by atoms with Gasteiger partial charge in [0.2, 0.25) is 10.0 Å². The molecule has 1 amide bonds. The number of anilines is 1. The first kappa shape index (κ1) is 16.7. The van der Waals surface area contributed by atoms with Crippen molar-refractivity contribution >= 4 is 33.0 Å². The molecular weight excluding hydrogens is 320 g/mol. The Morgan fingerprint density at radius 1 is 1.14 bits per heavy atom. The van der Waals surface area contributed by atoms with Crippen molar-refractivity contribution in [2.45, 2.75) is 25.2 Å². The molecule has 2 aromatic rings. The van der Waals surface area contributed by atoms with E-state index in [9.17, 15) is 13.2 Å². The lowest BCUT2D eigenvalue weighted by atomic mass is 10.3. The van der Waals surface area contributed by atoms with Crippen molar-refractivity contribution in [3.8, 4) is 0 Å². The van der Waals surface area contributed by atoms with Gasteiger partial charge in [-0.1, -0.05) is 6.92 Å². The van der Waals surface area contributed by atoms with Crippen LogP contribution >= 0.6 is 11.3 Å². The first-order valence-electron chi connectivity index (χ1n) is 6.90. The maximum atomic E-state index is 12.0. The Bertz CT molecular complexity index is 749. The van der Waals surface area contributed by atoms with Crippen molar-refractivity contribution in [2.75, 3.05) is 11.9 Å². The minimum atomic E-state index is -3.48. The van der Waals surface area contributed by atoms with Crippen LogP contribution in [0.25, 0.3) is 0 Å². The SMILES string of the molecule is CCCNS(=O)(=O)c1ccc(NC(=O)c2ccc(C)s2)cc1. The number of amides is 1. The predicted molar refractivity (Wildman–Crippen MR) is 88.9 cm³/mol. The highest BCUT2D eigenvalue weighted by Gasteiger charge is 2.13. The Morgan fingerprint density at radius 3 is 2.36 bits per heavy atom. The lowest BCUT2D eigenvalue weighted by Crippen LogP contribution is -2.24. The average Bonchev–Trinajstić information content (AvgIpc) is 2.92. The summed E-state index contributed by atoms with van der Waals surface area (Å²) in [6.07, 6.45) is 0.730. The van der Waals surface area contributed by atoms with E-state index in [4.69, 9.17) is 0 Å². The van der Waals surface area contributed by atoms with Crippen LogP contribution in [0.4, 0.5) is 5.69 Å². The molecule has 1 aromatic heterocycles. The number of carbonyl (C=O) groups excluding carboxylic acids is 1. The number of sulfonamides is 1. The Balaban J connectivity index is 2.07. The van der Waals surface area contributed by atoms with Crippen molar-refractivity contribution in [1.29, 1.82) is 0 Å². The molecule has 0 saturated heterocycles. The zero-order valence-electron chi connectivity index (χ0n) is 12.4. The van der Waals surface area contributed by atoms with Crippen LogP contribution in [0.5, 0.6) is 0 Å². The molecule has 0 unspecified atom stereocenters. The van der Waals surface area contributed by atoms with Gasteiger partial charge >= 0.3 is 0 Å². The van der Waals surface area contributed by atoms with Crippen LogP contribution in [-0.4, -0.2) is 20.9 Å². The Hall–Kier alpha value is -1.70. The van der Waals surface area contributed by atoms with Gasteiger partial charge in [0.1, 0.15) is 0 Å². The van der Waals surface area contributed by atoms with E-state index >= 15 is 0 Å². The van der Waals surface area contributed by atoms with Gasteiger partial charge in [-0.3, -0.25) is 4.79 Å². The topological polar surface area (TPSA) is 75.3 Å². The Morgan fingerprint density at radius 2 is 1.82 bits per heavy atom. The lowest BCUT2D eigenvalue weighted by molar-refractivity contribution is 0.103. The first-order valence-corrected chi connectivity index (χ1v) is 9.20. The Labute approximate surface area is 134 Å². The predicted octanol–water partition coefficient (Wildman–Crippen LogP) is 3.00. The van der Waals surface area contributed by atoms with Crippen LogP contribution < -0.4 is 10.0 Å². The molecule has 1 aromatic carbocycles. The van der Waals surface area contributed by atoms with Gasteiger partial charge in [-0.05, 0) is 49.7 Å². The maximum absolute atomic E-state index is 12.0. The molecule has 0 aliphatic carbocycles. The quantitative estimate of drug-likeness (QED) is 0.850. The summed E-state index contributed by atoms with van der Waals surface area (Å²) in [5.41, 5.74) is 0.561. The van der Waals surface area contributed by atoms with Gasteiger partial charge in [0.05, 0.1) is 9.77 Å². The van der Waals surface area contributed by atoms with Gasteiger partial charge in [-0.2, -0.15) is 0 Å². The molecule has 0 bridgehead atoms. The fourth-order valence-corrected chi connectivity index (χ4v) is 3.68. The number of benzene rings is 1. The fourth-order valence-electron chi connectivity index (χ4n) is 1.79. The highest BCUT2D eigenvalue weighted by molar-refractivity contribution is 7.89. The third kappa shape index (κ3) is 4.16. The molecule has 7 heteroatoms. The van der Waals surface area contributed by atoms with Crippen molar-refractivity contribution in [2.24, 2.45) is 0 Å². The summed E-state index contributed by atoms with van der Waals surface area (Å²) in [6, 6.07) is 9.77. The molecule has 22 heavy (non-hydrogen) atoms. The third-order valence-corrected chi connectivity index (χ3v) is 5.41. The molecule has 0 fully saturated rings. The van der Waals surface area contributed by atoms with E-state index in [0.717, 1.165) is 11.3 Å². The standard InChI is InChI=1S/C15H18N2O3S2/c1-3-10-16-22(19,20)13-7-5-12(6-8-13)17-15(18)14-9-4-11(2)21-14/h4-9,16H,3,10H2,1-2H3,(H,17,18). The molecule has 5 nitrogen and oxygen atoms in total. The molecule has 2 rings (SSSR count). The number of carbonyl (C=O) groups is 1. The number of nitrogens with one attached hydrogen (secondary N) is 2. The van der Waals surface area contributed by atoms with E-state index in [-0.39, 0.29) is 10.8 Å². The van der Waals surface area contributed by atoms with Gasteiger partial charge in [0.15, 0.2) is 0 Å². The van der Waals surface area contributed by atoms with E-state index < -0.39 is 10.0 Å². The van der Waals surface area contributed by atoms with Crippen LogP contribution in [0.15, 0.2) is 41.3 Å².